The van der Waals surface area contributed by atoms with E-state index in [-0.39, 0.29) is 33.7 Å². The molecule has 0 aliphatic rings. The third kappa shape index (κ3) is 4.04. The van der Waals surface area contributed by atoms with Gasteiger partial charge in [-0.15, -0.1) is 0 Å². The fourth-order valence-electron chi connectivity index (χ4n) is 2.69. The summed E-state index contributed by atoms with van der Waals surface area (Å²) in [7, 11) is -2.57. The van der Waals surface area contributed by atoms with E-state index < -0.39 is 44.6 Å². The van der Waals surface area contributed by atoms with Gasteiger partial charge in [-0.3, -0.25) is 9.78 Å². The number of ketones is 1. The van der Waals surface area contributed by atoms with Gasteiger partial charge in [-0.1, -0.05) is 6.92 Å². The first-order valence-electron chi connectivity index (χ1n) is 8.26. The predicted molar refractivity (Wildman–Crippen MR) is 99.5 cm³/mol. The van der Waals surface area contributed by atoms with E-state index >= 15 is 0 Å². The molecular formula is C17H17F3N4O5S. The summed E-state index contributed by atoms with van der Waals surface area (Å²) in [5, 5.41) is 8.97. The number of fused-ring (bicyclic) bond motifs is 1. The number of imidazole rings is 1. The molecule has 162 valence electrons. The van der Waals surface area contributed by atoms with E-state index in [4.69, 9.17) is 5.11 Å². The maximum absolute atomic E-state index is 13.1. The SMILES string of the molecule is CCS(=O)(=O)c1cc(C(F)(F)F)cnc1-c1nc2cc(C(=O)CO)cnc2n1C.O. The molecule has 9 nitrogen and oxygen atoms in total. The van der Waals surface area contributed by atoms with Crippen molar-refractivity contribution in [2.75, 3.05) is 12.4 Å². The van der Waals surface area contributed by atoms with Crippen LogP contribution in [0.4, 0.5) is 13.2 Å². The second-order valence-corrected chi connectivity index (χ2v) is 8.36. The summed E-state index contributed by atoms with van der Waals surface area (Å²) in [6.45, 7) is 0.578. The lowest BCUT2D eigenvalue weighted by molar-refractivity contribution is -0.138. The molecule has 30 heavy (non-hydrogen) atoms. The van der Waals surface area contributed by atoms with Crippen LogP contribution in [0.3, 0.4) is 0 Å². The number of carbonyl (C=O) groups is 1. The van der Waals surface area contributed by atoms with Crippen molar-refractivity contribution in [2.24, 2.45) is 7.05 Å². The number of rotatable bonds is 5. The molecule has 0 aromatic carbocycles. The minimum absolute atomic E-state index is 0. The monoisotopic (exact) mass is 446 g/mol. The number of aromatic nitrogens is 4. The summed E-state index contributed by atoms with van der Waals surface area (Å²) in [6.07, 6.45) is -3.01. The Morgan fingerprint density at radius 3 is 2.43 bits per heavy atom. The molecule has 0 aliphatic heterocycles. The smallest absolute Gasteiger partial charge is 0.412 e. The first-order valence-corrected chi connectivity index (χ1v) is 9.91. The van der Waals surface area contributed by atoms with Gasteiger partial charge in [0.2, 0.25) is 0 Å². The molecule has 0 atom stereocenters. The lowest BCUT2D eigenvalue weighted by Gasteiger charge is -2.12. The predicted octanol–water partition coefficient (Wildman–Crippen LogP) is 1.19. The molecule has 0 bridgehead atoms. The molecule has 3 N–H and O–H groups in total. The van der Waals surface area contributed by atoms with Gasteiger partial charge < -0.3 is 15.1 Å². The van der Waals surface area contributed by atoms with Crippen LogP contribution >= 0.6 is 0 Å². The molecule has 0 spiro atoms. The van der Waals surface area contributed by atoms with Crippen molar-refractivity contribution in [3.8, 4) is 11.5 Å². The number of halogens is 3. The molecule has 0 amide bonds. The Labute approximate surface area is 168 Å². The average molecular weight is 446 g/mol. The Balaban J connectivity index is 0.00000320. The van der Waals surface area contributed by atoms with Gasteiger partial charge in [0, 0.05) is 25.0 Å². The van der Waals surface area contributed by atoms with E-state index in [1.165, 1.54) is 30.8 Å². The van der Waals surface area contributed by atoms with Crippen LogP contribution in [-0.2, 0) is 23.1 Å². The molecule has 3 heterocycles. The zero-order valence-electron chi connectivity index (χ0n) is 15.7. The van der Waals surface area contributed by atoms with Gasteiger partial charge in [0.25, 0.3) is 0 Å². The van der Waals surface area contributed by atoms with Crippen molar-refractivity contribution in [1.82, 2.24) is 19.5 Å². The molecule has 0 saturated heterocycles. The number of aliphatic hydroxyl groups excluding tert-OH is 1. The van der Waals surface area contributed by atoms with E-state index in [1.807, 2.05) is 0 Å². The van der Waals surface area contributed by atoms with Gasteiger partial charge in [-0.25, -0.2) is 18.4 Å². The Morgan fingerprint density at radius 2 is 1.87 bits per heavy atom. The highest BCUT2D eigenvalue weighted by Gasteiger charge is 2.34. The topological polar surface area (TPSA) is 147 Å². The lowest BCUT2D eigenvalue weighted by atomic mass is 10.2. The van der Waals surface area contributed by atoms with Crippen LogP contribution in [-0.4, -0.2) is 56.7 Å². The summed E-state index contributed by atoms with van der Waals surface area (Å²) in [5.41, 5.74) is -0.901. The van der Waals surface area contributed by atoms with Gasteiger partial charge in [-0.2, -0.15) is 13.2 Å². The maximum atomic E-state index is 13.1. The van der Waals surface area contributed by atoms with Crippen molar-refractivity contribution in [2.45, 2.75) is 18.0 Å². The van der Waals surface area contributed by atoms with Crippen LogP contribution in [0.25, 0.3) is 22.7 Å². The largest absolute Gasteiger partial charge is 0.417 e. The van der Waals surface area contributed by atoms with E-state index in [0.717, 1.165) is 0 Å². The molecule has 0 saturated carbocycles. The van der Waals surface area contributed by atoms with Gasteiger partial charge in [0.1, 0.15) is 17.8 Å². The molecule has 3 aromatic heterocycles. The van der Waals surface area contributed by atoms with Crippen LogP contribution in [0, 0.1) is 0 Å². The van der Waals surface area contributed by atoms with Gasteiger partial charge in [0.15, 0.2) is 27.1 Å². The highest BCUT2D eigenvalue weighted by Crippen LogP contribution is 2.34. The summed E-state index contributed by atoms with van der Waals surface area (Å²) < 4.78 is 65.5. The van der Waals surface area contributed by atoms with E-state index in [2.05, 4.69) is 15.0 Å². The minimum atomic E-state index is -4.77. The summed E-state index contributed by atoms with van der Waals surface area (Å²) in [6, 6.07) is 1.89. The maximum Gasteiger partial charge on any atom is 0.417 e. The van der Waals surface area contributed by atoms with E-state index in [0.29, 0.717) is 12.3 Å². The standard InChI is InChI=1S/C17H15F3N4O4S.H2O/c1-3-29(27,28)13-5-10(17(18,19)20)7-21-14(13)16-23-11-4-9(12(26)8-25)6-22-15(11)24(16)2;/h4-7,25H,3,8H2,1-2H3;1H2. The number of hydrogen-bond acceptors (Lipinski definition) is 7. The highest BCUT2D eigenvalue weighted by molar-refractivity contribution is 7.91. The molecule has 0 radical (unpaired) electrons. The molecule has 0 aliphatic carbocycles. The number of nitrogens with zero attached hydrogens (tertiary/aromatic N) is 4. The van der Waals surface area contributed by atoms with Crippen LogP contribution < -0.4 is 0 Å². The first kappa shape index (κ1) is 23.4. The zero-order valence-corrected chi connectivity index (χ0v) is 16.5. The molecule has 3 rings (SSSR count). The lowest BCUT2D eigenvalue weighted by Crippen LogP contribution is -2.13. The first-order chi connectivity index (χ1) is 13.5. The fourth-order valence-corrected chi connectivity index (χ4v) is 3.75. The summed E-state index contributed by atoms with van der Waals surface area (Å²) >= 11 is 0. The van der Waals surface area contributed by atoms with Gasteiger partial charge in [-0.05, 0) is 12.1 Å². The second kappa shape index (κ2) is 8.08. The summed E-state index contributed by atoms with van der Waals surface area (Å²) in [5.74, 6) is -1.05. The van der Waals surface area contributed by atoms with Crippen LogP contribution in [0.5, 0.6) is 0 Å². The van der Waals surface area contributed by atoms with Crippen molar-refractivity contribution < 1.29 is 37.0 Å². The second-order valence-electron chi connectivity index (χ2n) is 6.11. The van der Waals surface area contributed by atoms with Crippen molar-refractivity contribution in [1.29, 1.82) is 0 Å². The molecule has 3 aromatic rings. The number of Topliss-reactive ketones (excluding diaryl/α,β-unsaturated/α-hetero) is 1. The van der Waals surface area contributed by atoms with Crippen LogP contribution in [0.15, 0.2) is 29.4 Å². The average Bonchev–Trinajstić information content (AvgIpc) is 3.02. The third-order valence-electron chi connectivity index (χ3n) is 4.28. The zero-order chi connectivity index (χ0) is 21.6. The van der Waals surface area contributed by atoms with Crippen LogP contribution in [0.1, 0.15) is 22.8 Å². The van der Waals surface area contributed by atoms with Gasteiger partial charge in [0.05, 0.1) is 16.2 Å². The van der Waals surface area contributed by atoms with Crippen LogP contribution in [0.2, 0.25) is 0 Å². The minimum Gasteiger partial charge on any atom is -0.412 e. The molecule has 13 heteroatoms. The number of aliphatic hydroxyl groups is 1. The molecule has 0 fully saturated rings. The Hall–Kier alpha value is -2.90. The number of aryl methyl sites for hydroxylation is 1. The Kier molecular flexibility index (Phi) is 6.30. The summed E-state index contributed by atoms with van der Waals surface area (Å²) in [4.78, 5) is 23.1. The van der Waals surface area contributed by atoms with Crippen molar-refractivity contribution in [3.63, 3.8) is 0 Å². The quantitative estimate of drug-likeness (QED) is 0.579. The Morgan fingerprint density at radius 1 is 1.20 bits per heavy atom. The van der Waals surface area contributed by atoms with Crippen molar-refractivity contribution in [3.05, 3.63) is 35.7 Å². The number of carbonyl (C=O) groups excluding carboxylic acids is 1. The molecular weight excluding hydrogens is 429 g/mol. The number of hydrogen-bond donors (Lipinski definition) is 1. The molecule has 0 unspecified atom stereocenters. The number of alkyl halides is 3. The Bertz CT molecular complexity index is 1220. The van der Waals surface area contributed by atoms with Crippen molar-refractivity contribution >= 4 is 26.8 Å². The van der Waals surface area contributed by atoms with Gasteiger partial charge >= 0.3 is 6.18 Å². The normalized spacial score (nSPS) is 12.1. The highest BCUT2D eigenvalue weighted by atomic mass is 32.2. The fraction of sp³-hybridized carbons (Fsp3) is 0.294. The van der Waals surface area contributed by atoms with E-state index in [1.54, 1.807) is 0 Å². The van der Waals surface area contributed by atoms with E-state index in [9.17, 15) is 26.4 Å². The third-order valence-corrected chi connectivity index (χ3v) is 6.02. The number of sulfone groups is 1. The number of pyridine rings is 2.